The Kier molecular flexibility index (Phi) is 6.59. The lowest BCUT2D eigenvalue weighted by molar-refractivity contribution is -0.384. The van der Waals surface area contributed by atoms with Crippen molar-refractivity contribution in [2.24, 2.45) is 7.05 Å². The minimum atomic E-state index is -0.468. The van der Waals surface area contributed by atoms with Gasteiger partial charge in [-0.1, -0.05) is 19.1 Å². The number of carbonyl (C=O) groups is 1. The van der Waals surface area contributed by atoms with Gasteiger partial charge in [0.05, 0.1) is 21.9 Å². The van der Waals surface area contributed by atoms with Crippen molar-refractivity contribution >= 4 is 28.6 Å². The fourth-order valence-corrected chi connectivity index (χ4v) is 3.58. The van der Waals surface area contributed by atoms with Crippen LogP contribution in [0.25, 0.3) is 17.0 Å². The van der Waals surface area contributed by atoms with Gasteiger partial charge < -0.3 is 4.90 Å². The first-order chi connectivity index (χ1) is 14.9. The highest BCUT2D eigenvalue weighted by Crippen LogP contribution is 2.24. The molecular weight excluding hydrogens is 396 g/mol. The van der Waals surface area contributed by atoms with Crippen molar-refractivity contribution in [3.8, 4) is 0 Å². The van der Waals surface area contributed by atoms with Gasteiger partial charge in [0.25, 0.3) is 11.2 Å². The van der Waals surface area contributed by atoms with Gasteiger partial charge >= 0.3 is 0 Å². The number of para-hydroxylation sites is 1. The second-order valence-corrected chi connectivity index (χ2v) is 7.08. The van der Waals surface area contributed by atoms with E-state index in [1.54, 1.807) is 48.4 Å². The van der Waals surface area contributed by atoms with Crippen LogP contribution in [0.1, 0.15) is 37.7 Å². The number of likely N-dealkylation sites (N-methyl/N-ethyl adjacent to an activating group) is 1. The minimum absolute atomic E-state index is 0.00648. The van der Waals surface area contributed by atoms with Crippen molar-refractivity contribution in [1.82, 2.24) is 14.5 Å². The molecule has 0 saturated carbocycles. The largest absolute Gasteiger partial charge is 0.329 e. The first-order valence-corrected chi connectivity index (χ1v) is 10.1. The van der Waals surface area contributed by atoms with Gasteiger partial charge in [0, 0.05) is 31.8 Å². The van der Waals surface area contributed by atoms with Crippen molar-refractivity contribution in [3.05, 3.63) is 86.5 Å². The van der Waals surface area contributed by atoms with Crippen LogP contribution in [0.4, 0.5) is 5.69 Å². The predicted molar refractivity (Wildman–Crippen MR) is 120 cm³/mol. The lowest BCUT2D eigenvalue weighted by atomic mass is 10.1. The number of nitro groups is 1. The van der Waals surface area contributed by atoms with Gasteiger partial charge in [-0.05, 0) is 49.2 Å². The molecule has 1 aromatic heterocycles. The van der Waals surface area contributed by atoms with Crippen molar-refractivity contribution < 1.29 is 9.72 Å². The zero-order chi connectivity index (χ0) is 22.5. The smallest absolute Gasteiger partial charge is 0.269 e. The summed E-state index contributed by atoms with van der Waals surface area (Å²) in [6, 6.07) is 12.7. The molecule has 1 amide bonds. The molecule has 160 valence electrons. The van der Waals surface area contributed by atoms with E-state index in [4.69, 9.17) is 0 Å². The van der Waals surface area contributed by atoms with Crippen molar-refractivity contribution in [1.29, 1.82) is 0 Å². The molecule has 8 nitrogen and oxygen atoms in total. The van der Waals surface area contributed by atoms with Crippen LogP contribution in [0.5, 0.6) is 0 Å². The third-order valence-corrected chi connectivity index (χ3v) is 5.22. The molecule has 0 aliphatic heterocycles. The Morgan fingerprint density at radius 2 is 1.87 bits per heavy atom. The third-order valence-electron chi connectivity index (χ3n) is 5.22. The van der Waals surface area contributed by atoms with E-state index < -0.39 is 4.92 Å². The van der Waals surface area contributed by atoms with E-state index in [0.29, 0.717) is 35.3 Å². The number of nitro benzene ring substituents is 1. The summed E-state index contributed by atoms with van der Waals surface area (Å²) in [6.07, 6.45) is 3.64. The van der Waals surface area contributed by atoms with Crippen LogP contribution in [0.3, 0.4) is 0 Å². The zero-order valence-electron chi connectivity index (χ0n) is 17.7. The number of non-ortho nitro benzene ring substituents is 1. The van der Waals surface area contributed by atoms with E-state index in [1.807, 2.05) is 19.9 Å². The molecule has 0 N–H and O–H groups in total. The number of carbonyl (C=O) groups excluding carboxylic acids is 1. The number of hydrogen-bond donors (Lipinski definition) is 0. The monoisotopic (exact) mass is 420 g/mol. The molecule has 3 aromatic rings. The topological polar surface area (TPSA) is 98.3 Å². The first kappa shape index (κ1) is 21.9. The Hall–Kier alpha value is -3.81. The van der Waals surface area contributed by atoms with Gasteiger partial charge in [0.1, 0.15) is 5.82 Å². The molecule has 0 fully saturated rings. The van der Waals surface area contributed by atoms with Crippen molar-refractivity contribution in [3.63, 3.8) is 0 Å². The standard InChI is InChI=1S/C23H24N4O4/c1-4-20(22-24-19-9-7-6-8-18(19)23(29)25(22)3)26(5-2)21(28)15-12-16-10-13-17(14-11-16)27(30)31/h6-15,20H,4-5H2,1-3H3/b15-12+. The summed E-state index contributed by atoms with van der Waals surface area (Å²) in [5, 5.41) is 11.3. The van der Waals surface area contributed by atoms with Crippen LogP contribution in [-0.4, -0.2) is 31.8 Å². The molecule has 1 atom stereocenters. The summed E-state index contributed by atoms with van der Waals surface area (Å²) in [4.78, 5) is 42.4. The summed E-state index contributed by atoms with van der Waals surface area (Å²) >= 11 is 0. The lowest BCUT2D eigenvalue weighted by Crippen LogP contribution is -2.37. The van der Waals surface area contributed by atoms with E-state index in [-0.39, 0.29) is 23.2 Å². The second-order valence-electron chi connectivity index (χ2n) is 7.08. The second kappa shape index (κ2) is 9.34. The number of amides is 1. The first-order valence-electron chi connectivity index (χ1n) is 10.1. The third kappa shape index (κ3) is 4.53. The molecular formula is C23H24N4O4. The quantitative estimate of drug-likeness (QED) is 0.328. The average Bonchev–Trinajstić information content (AvgIpc) is 2.78. The Bertz CT molecular complexity index is 1200. The Morgan fingerprint density at radius 3 is 2.48 bits per heavy atom. The van der Waals surface area contributed by atoms with E-state index in [0.717, 1.165) is 0 Å². The van der Waals surface area contributed by atoms with Crippen molar-refractivity contribution in [2.75, 3.05) is 6.54 Å². The zero-order valence-corrected chi connectivity index (χ0v) is 17.7. The number of aromatic nitrogens is 2. The van der Waals surface area contributed by atoms with Gasteiger partial charge in [-0.25, -0.2) is 4.98 Å². The summed E-state index contributed by atoms with van der Waals surface area (Å²) in [5.41, 5.74) is 1.13. The molecule has 0 bridgehead atoms. The Labute approximate surface area is 179 Å². The Morgan fingerprint density at radius 1 is 1.19 bits per heavy atom. The lowest BCUT2D eigenvalue weighted by Gasteiger charge is -2.30. The average molecular weight is 420 g/mol. The molecule has 0 aliphatic rings. The predicted octanol–water partition coefficient (Wildman–Crippen LogP) is 3.85. The van der Waals surface area contributed by atoms with E-state index >= 15 is 0 Å². The fraction of sp³-hybridized carbons (Fsp3) is 0.261. The molecule has 2 aromatic carbocycles. The van der Waals surface area contributed by atoms with Gasteiger partial charge in [0.2, 0.25) is 5.91 Å². The van der Waals surface area contributed by atoms with Crippen LogP contribution in [-0.2, 0) is 11.8 Å². The van der Waals surface area contributed by atoms with E-state index in [2.05, 4.69) is 4.98 Å². The molecule has 1 unspecified atom stereocenters. The molecule has 0 aliphatic carbocycles. The number of rotatable bonds is 7. The molecule has 8 heteroatoms. The molecule has 31 heavy (non-hydrogen) atoms. The molecule has 0 spiro atoms. The van der Waals surface area contributed by atoms with Gasteiger partial charge in [-0.2, -0.15) is 0 Å². The summed E-state index contributed by atoms with van der Waals surface area (Å²) in [5.74, 6) is 0.306. The summed E-state index contributed by atoms with van der Waals surface area (Å²) in [7, 11) is 1.67. The van der Waals surface area contributed by atoms with Gasteiger partial charge in [0.15, 0.2) is 0 Å². The summed E-state index contributed by atoms with van der Waals surface area (Å²) < 4.78 is 1.51. The number of fused-ring (bicyclic) bond motifs is 1. The maximum absolute atomic E-state index is 13.0. The number of nitrogens with zero attached hydrogens (tertiary/aromatic N) is 4. The molecule has 0 radical (unpaired) electrons. The normalized spacial score (nSPS) is 12.2. The fourth-order valence-electron chi connectivity index (χ4n) is 3.58. The van der Waals surface area contributed by atoms with E-state index in [1.165, 1.54) is 22.8 Å². The molecule has 0 saturated heterocycles. The van der Waals surface area contributed by atoms with Crippen LogP contribution < -0.4 is 5.56 Å². The van der Waals surface area contributed by atoms with E-state index in [9.17, 15) is 19.7 Å². The van der Waals surface area contributed by atoms with Crippen LogP contribution in [0.2, 0.25) is 0 Å². The van der Waals surface area contributed by atoms with Gasteiger partial charge in [-0.15, -0.1) is 0 Å². The molecule has 3 rings (SSSR count). The number of benzene rings is 2. The number of hydrogen-bond acceptors (Lipinski definition) is 5. The maximum atomic E-state index is 13.0. The SMILES string of the molecule is CCC(c1nc2ccccc2c(=O)n1C)N(CC)C(=O)/C=C/c1ccc([N+](=O)[O-])cc1. The maximum Gasteiger partial charge on any atom is 0.269 e. The molecule has 1 heterocycles. The highest BCUT2D eigenvalue weighted by molar-refractivity contribution is 5.92. The minimum Gasteiger partial charge on any atom is -0.329 e. The highest BCUT2D eigenvalue weighted by Gasteiger charge is 2.25. The van der Waals surface area contributed by atoms with Crippen LogP contribution in [0, 0.1) is 10.1 Å². The van der Waals surface area contributed by atoms with Crippen LogP contribution in [0.15, 0.2) is 59.4 Å². The summed E-state index contributed by atoms with van der Waals surface area (Å²) in [6.45, 7) is 4.26. The Balaban J connectivity index is 1.91. The van der Waals surface area contributed by atoms with Crippen LogP contribution >= 0.6 is 0 Å². The van der Waals surface area contributed by atoms with Gasteiger partial charge in [-0.3, -0.25) is 24.3 Å². The highest BCUT2D eigenvalue weighted by atomic mass is 16.6. The van der Waals surface area contributed by atoms with Crippen molar-refractivity contribution in [2.45, 2.75) is 26.3 Å².